The third-order valence-electron chi connectivity index (χ3n) is 4.67. The van der Waals surface area contributed by atoms with Crippen LogP contribution in [0.4, 0.5) is 5.69 Å². The van der Waals surface area contributed by atoms with Crippen LogP contribution < -0.4 is 19.1 Å². The minimum absolute atomic E-state index is 0.0386. The SMILES string of the molecule is Cc1ccc(OCCNC(=O)CCCN(c2ccc(OC(C)C)cc2)S(C)(=O)=O)c(C)c1. The first-order valence-electron chi connectivity index (χ1n) is 10.8. The Morgan fingerprint density at radius 2 is 1.78 bits per heavy atom. The van der Waals surface area contributed by atoms with E-state index in [0.29, 0.717) is 31.0 Å². The number of sulfonamides is 1. The van der Waals surface area contributed by atoms with Crippen LogP contribution >= 0.6 is 0 Å². The highest BCUT2D eigenvalue weighted by Gasteiger charge is 2.17. The molecule has 8 heteroatoms. The van der Waals surface area contributed by atoms with Crippen LogP contribution in [0.3, 0.4) is 0 Å². The molecule has 0 bridgehead atoms. The number of aryl methyl sites for hydroxylation is 2. The summed E-state index contributed by atoms with van der Waals surface area (Å²) in [4.78, 5) is 12.1. The van der Waals surface area contributed by atoms with Crippen molar-refractivity contribution >= 4 is 21.6 Å². The van der Waals surface area contributed by atoms with Gasteiger partial charge in [0.15, 0.2) is 0 Å². The van der Waals surface area contributed by atoms with Crippen molar-refractivity contribution in [3.05, 3.63) is 53.6 Å². The summed E-state index contributed by atoms with van der Waals surface area (Å²) in [5.74, 6) is 1.35. The fourth-order valence-corrected chi connectivity index (χ4v) is 4.20. The third kappa shape index (κ3) is 8.42. The molecule has 0 fully saturated rings. The summed E-state index contributed by atoms with van der Waals surface area (Å²) >= 11 is 0. The first-order chi connectivity index (χ1) is 15.1. The topological polar surface area (TPSA) is 84.9 Å². The second-order valence-corrected chi connectivity index (χ2v) is 9.97. The number of hydrogen-bond donors (Lipinski definition) is 1. The Balaban J connectivity index is 1.79. The van der Waals surface area contributed by atoms with Crippen LogP contribution in [0.15, 0.2) is 42.5 Å². The fraction of sp³-hybridized carbons (Fsp3) is 0.458. The molecule has 2 rings (SSSR count). The number of benzene rings is 2. The van der Waals surface area contributed by atoms with Gasteiger partial charge in [0, 0.05) is 13.0 Å². The van der Waals surface area contributed by atoms with Gasteiger partial charge in [0.25, 0.3) is 0 Å². The van der Waals surface area contributed by atoms with Crippen molar-refractivity contribution in [3.63, 3.8) is 0 Å². The Kier molecular flexibility index (Phi) is 9.38. The van der Waals surface area contributed by atoms with Crippen LogP contribution in [-0.4, -0.2) is 46.4 Å². The van der Waals surface area contributed by atoms with Crippen molar-refractivity contribution in [2.24, 2.45) is 0 Å². The van der Waals surface area contributed by atoms with Gasteiger partial charge in [-0.05, 0) is 70.0 Å². The van der Waals surface area contributed by atoms with Crippen molar-refractivity contribution in [1.82, 2.24) is 5.32 Å². The van der Waals surface area contributed by atoms with Gasteiger partial charge in [-0.1, -0.05) is 17.7 Å². The molecular formula is C24H34N2O5S. The molecule has 0 saturated heterocycles. The molecule has 0 unspecified atom stereocenters. The number of carbonyl (C=O) groups is 1. The van der Waals surface area contributed by atoms with Gasteiger partial charge in [-0.15, -0.1) is 0 Å². The van der Waals surface area contributed by atoms with E-state index in [0.717, 1.165) is 17.6 Å². The summed E-state index contributed by atoms with van der Waals surface area (Å²) in [5, 5.41) is 2.81. The van der Waals surface area contributed by atoms with Crippen molar-refractivity contribution in [1.29, 1.82) is 0 Å². The molecule has 7 nitrogen and oxygen atoms in total. The Morgan fingerprint density at radius 1 is 1.09 bits per heavy atom. The standard InChI is InChI=1S/C24H34N2O5S/c1-18(2)31-22-11-9-21(10-12-22)26(32(5,28)29)15-6-7-24(27)25-14-16-30-23-13-8-19(3)17-20(23)4/h8-13,17-18H,6-7,14-16H2,1-5H3,(H,25,27). The molecular weight excluding hydrogens is 428 g/mol. The normalized spacial score (nSPS) is 11.3. The highest BCUT2D eigenvalue weighted by Crippen LogP contribution is 2.23. The van der Waals surface area contributed by atoms with Crippen molar-refractivity contribution in [2.75, 3.05) is 30.3 Å². The summed E-state index contributed by atoms with van der Waals surface area (Å²) < 4.78 is 37.1. The molecule has 0 spiro atoms. The molecule has 0 aliphatic rings. The van der Waals surface area contributed by atoms with Gasteiger partial charge >= 0.3 is 0 Å². The number of rotatable bonds is 12. The summed E-state index contributed by atoms with van der Waals surface area (Å²) in [6.07, 6.45) is 1.83. The molecule has 1 N–H and O–H groups in total. The predicted molar refractivity (Wildman–Crippen MR) is 128 cm³/mol. The highest BCUT2D eigenvalue weighted by atomic mass is 32.2. The summed E-state index contributed by atoms with van der Waals surface area (Å²) in [6.45, 7) is 8.84. The zero-order valence-corrected chi connectivity index (χ0v) is 20.4. The van der Waals surface area contributed by atoms with Crippen LogP contribution in [0.25, 0.3) is 0 Å². The quantitative estimate of drug-likeness (QED) is 0.485. The molecule has 2 aromatic carbocycles. The number of hydrogen-bond acceptors (Lipinski definition) is 5. The predicted octanol–water partition coefficient (Wildman–Crippen LogP) is 3.83. The summed E-state index contributed by atoms with van der Waals surface area (Å²) in [5.41, 5.74) is 2.78. The highest BCUT2D eigenvalue weighted by molar-refractivity contribution is 7.92. The van der Waals surface area contributed by atoms with Crippen molar-refractivity contribution in [3.8, 4) is 11.5 Å². The van der Waals surface area contributed by atoms with E-state index in [1.54, 1.807) is 24.3 Å². The number of amides is 1. The Labute approximate surface area is 191 Å². The molecule has 2 aromatic rings. The van der Waals surface area contributed by atoms with Gasteiger partial charge in [0.1, 0.15) is 18.1 Å². The molecule has 0 aromatic heterocycles. The second-order valence-electron chi connectivity index (χ2n) is 8.07. The van der Waals surface area contributed by atoms with Gasteiger partial charge in [0.05, 0.1) is 24.6 Å². The van der Waals surface area contributed by atoms with E-state index in [4.69, 9.17) is 9.47 Å². The molecule has 1 amide bonds. The van der Waals surface area contributed by atoms with Crippen molar-refractivity contribution < 1.29 is 22.7 Å². The number of ether oxygens (including phenoxy) is 2. The number of anilines is 1. The molecule has 0 aliphatic carbocycles. The van der Waals surface area contributed by atoms with E-state index in [9.17, 15) is 13.2 Å². The molecule has 0 atom stereocenters. The first kappa shape index (κ1) is 25.5. The van der Waals surface area contributed by atoms with E-state index in [2.05, 4.69) is 5.32 Å². The third-order valence-corrected chi connectivity index (χ3v) is 5.87. The van der Waals surface area contributed by atoms with Crippen LogP contribution in [0.1, 0.15) is 37.8 Å². The lowest BCUT2D eigenvalue weighted by Gasteiger charge is -2.22. The van der Waals surface area contributed by atoms with Gasteiger partial charge in [-0.25, -0.2) is 8.42 Å². The maximum absolute atomic E-state index is 12.2. The number of nitrogens with one attached hydrogen (secondary N) is 1. The van der Waals surface area contributed by atoms with E-state index in [1.165, 1.54) is 9.87 Å². The lowest BCUT2D eigenvalue weighted by Crippen LogP contribution is -2.32. The van der Waals surface area contributed by atoms with Gasteiger partial charge < -0.3 is 14.8 Å². The van der Waals surface area contributed by atoms with Gasteiger partial charge in [-0.2, -0.15) is 0 Å². The largest absolute Gasteiger partial charge is 0.491 e. The molecule has 0 heterocycles. The monoisotopic (exact) mass is 462 g/mol. The van der Waals surface area contributed by atoms with Crippen LogP contribution in [0.2, 0.25) is 0 Å². The fourth-order valence-electron chi connectivity index (χ4n) is 3.23. The van der Waals surface area contributed by atoms with Gasteiger partial charge in [-0.3, -0.25) is 9.10 Å². The molecule has 0 saturated carbocycles. The number of carbonyl (C=O) groups excluding carboxylic acids is 1. The maximum Gasteiger partial charge on any atom is 0.232 e. The minimum Gasteiger partial charge on any atom is -0.491 e. The van der Waals surface area contributed by atoms with Crippen LogP contribution in [0.5, 0.6) is 11.5 Å². The second kappa shape index (κ2) is 11.8. The minimum atomic E-state index is -3.47. The van der Waals surface area contributed by atoms with Gasteiger partial charge in [0.2, 0.25) is 15.9 Å². The lowest BCUT2D eigenvalue weighted by molar-refractivity contribution is -0.121. The smallest absolute Gasteiger partial charge is 0.232 e. The van der Waals surface area contributed by atoms with E-state index in [-0.39, 0.29) is 25.0 Å². The average molecular weight is 463 g/mol. The summed E-state index contributed by atoms with van der Waals surface area (Å²) in [7, 11) is -3.47. The van der Waals surface area contributed by atoms with Crippen LogP contribution in [0, 0.1) is 13.8 Å². The first-order valence-corrected chi connectivity index (χ1v) is 12.6. The molecule has 32 heavy (non-hydrogen) atoms. The Hall–Kier alpha value is -2.74. The lowest BCUT2D eigenvalue weighted by atomic mass is 10.1. The zero-order valence-electron chi connectivity index (χ0n) is 19.6. The van der Waals surface area contributed by atoms with E-state index < -0.39 is 10.0 Å². The van der Waals surface area contributed by atoms with E-state index >= 15 is 0 Å². The summed E-state index contributed by atoms with van der Waals surface area (Å²) in [6, 6.07) is 12.9. The number of nitrogens with zero attached hydrogens (tertiary/aromatic N) is 1. The maximum atomic E-state index is 12.2. The molecule has 0 aliphatic heterocycles. The molecule has 176 valence electrons. The zero-order chi connectivity index (χ0) is 23.7. The average Bonchev–Trinajstić information content (AvgIpc) is 2.69. The Bertz CT molecular complexity index is 988. The Morgan fingerprint density at radius 3 is 2.38 bits per heavy atom. The van der Waals surface area contributed by atoms with Crippen LogP contribution in [-0.2, 0) is 14.8 Å². The van der Waals surface area contributed by atoms with E-state index in [1.807, 2.05) is 45.9 Å². The molecule has 0 radical (unpaired) electrons. The van der Waals surface area contributed by atoms with Crippen molar-refractivity contribution in [2.45, 2.75) is 46.6 Å².